The summed E-state index contributed by atoms with van der Waals surface area (Å²) < 4.78 is 31.3. The van der Waals surface area contributed by atoms with Crippen molar-refractivity contribution in [3.05, 3.63) is 39.9 Å². The molecule has 0 amide bonds. The van der Waals surface area contributed by atoms with E-state index in [1.165, 1.54) is 6.92 Å². The first-order valence-corrected chi connectivity index (χ1v) is 7.46. The first kappa shape index (κ1) is 17.6. The minimum atomic E-state index is -2.77. The van der Waals surface area contributed by atoms with Crippen molar-refractivity contribution in [1.82, 2.24) is 15.0 Å². The molecule has 2 aromatic rings. The molecule has 0 aliphatic rings. The molecule has 0 spiro atoms. The highest BCUT2D eigenvalue weighted by Crippen LogP contribution is 2.30. The average Bonchev–Trinajstić information content (AvgIpc) is 2.49. The number of rotatable bonds is 6. The third-order valence-electron chi connectivity index (χ3n) is 2.77. The zero-order valence-electron chi connectivity index (χ0n) is 12.4. The van der Waals surface area contributed by atoms with Crippen molar-refractivity contribution < 1.29 is 13.5 Å². The first-order valence-electron chi connectivity index (χ1n) is 6.70. The molecule has 0 aromatic carbocycles. The van der Waals surface area contributed by atoms with Crippen LogP contribution in [0.25, 0.3) is 0 Å². The lowest BCUT2D eigenvalue weighted by Crippen LogP contribution is -2.25. The summed E-state index contributed by atoms with van der Waals surface area (Å²) in [4.78, 5) is 11.7. The first-order chi connectivity index (χ1) is 10.9. The zero-order valence-corrected chi connectivity index (χ0v) is 13.9. The van der Waals surface area contributed by atoms with Gasteiger partial charge in [0.1, 0.15) is 34.0 Å². The molecule has 0 bridgehead atoms. The second-order valence-corrected chi connectivity index (χ2v) is 5.55. The number of hydrogen-bond donors (Lipinski definition) is 1. The van der Waals surface area contributed by atoms with Crippen LogP contribution in [0.2, 0.25) is 10.0 Å². The fourth-order valence-corrected chi connectivity index (χ4v) is 2.17. The molecule has 2 heterocycles. The summed E-state index contributed by atoms with van der Waals surface area (Å²) in [7, 11) is 0. The summed E-state index contributed by atoms with van der Waals surface area (Å²) in [5, 5.41) is 3.11. The number of anilines is 1. The summed E-state index contributed by atoms with van der Waals surface area (Å²) in [5.41, 5.74) is -0.498. The van der Waals surface area contributed by atoms with E-state index in [1.807, 2.05) is 0 Å². The number of alkyl halides is 2. The Morgan fingerprint density at radius 1 is 1.30 bits per heavy atom. The van der Waals surface area contributed by atoms with Gasteiger partial charge < -0.3 is 10.1 Å². The van der Waals surface area contributed by atoms with E-state index in [9.17, 15) is 8.78 Å². The van der Waals surface area contributed by atoms with E-state index in [0.29, 0.717) is 10.9 Å². The summed E-state index contributed by atoms with van der Waals surface area (Å²) in [6.45, 7) is 3.50. The van der Waals surface area contributed by atoms with Gasteiger partial charge in [0.15, 0.2) is 0 Å². The van der Waals surface area contributed by atoms with E-state index in [0.717, 1.165) is 0 Å². The van der Waals surface area contributed by atoms with Gasteiger partial charge in [-0.3, -0.25) is 0 Å². The number of ether oxygens (including phenoxy) is 1. The number of nitrogens with zero attached hydrogens (tertiary/aromatic N) is 3. The monoisotopic (exact) mass is 362 g/mol. The summed E-state index contributed by atoms with van der Waals surface area (Å²) >= 11 is 11.9. The van der Waals surface area contributed by atoms with E-state index < -0.39 is 12.1 Å². The SMILES string of the molecule is Cc1nc(N[C@@H](C)COc2ncccc2Cl)c(Cl)c(C(F)F)n1. The topological polar surface area (TPSA) is 59.9 Å². The minimum absolute atomic E-state index is 0.137. The molecule has 0 radical (unpaired) electrons. The van der Waals surface area contributed by atoms with E-state index >= 15 is 0 Å². The van der Waals surface area contributed by atoms with E-state index in [4.69, 9.17) is 27.9 Å². The van der Waals surface area contributed by atoms with Crippen LogP contribution in [-0.2, 0) is 0 Å². The van der Waals surface area contributed by atoms with Crippen LogP contribution >= 0.6 is 23.2 Å². The summed E-state index contributed by atoms with van der Waals surface area (Å²) in [6.07, 6.45) is -1.22. The zero-order chi connectivity index (χ0) is 17.0. The van der Waals surface area contributed by atoms with Gasteiger partial charge in [0.05, 0.1) is 6.04 Å². The van der Waals surface area contributed by atoms with Crippen LogP contribution in [0, 0.1) is 6.92 Å². The molecule has 0 saturated carbocycles. The molecular weight excluding hydrogens is 349 g/mol. The lowest BCUT2D eigenvalue weighted by atomic mass is 10.3. The van der Waals surface area contributed by atoms with Gasteiger partial charge in [-0.1, -0.05) is 23.2 Å². The van der Waals surface area contributed by atoms with Gasteiger partial charge in [0.2, 0.25) is 5.88 Å². The summed E-state index contributed by atoms with van der Waals surface area (Å²) in [5.74, 6) is 0.631. The van der Waals surface area contributed by atoms with Crippen LogP contribution in [0.3, 0.4) is 0 Å². The predicted molar refractivity (Wildman–Crippen MR) is 84.6 cm³/mol. The Hall–Kier alpha value is -1.73. The normalized spacial score (nSPS) is 12.3. The molecule has 1 N–H and O–H groups in total. The molecule has 124 valence electrons. The van der Waals surface area contributed by atoms with Crippen molar-refractivity contribution in [3.8, 4) is 5.88 Å². The van der Waals surface area contributed by atoms with Crippen LogP contribution in [0.15, 0.2) is 18.3 Å². The Labute approximate surface area is 142 Å². The van der Waals surface area contributed by atoms with Gasteiger partial charge >= 0.3 is 0 Å². The van der Waals surface area contributed by atoms with Gasteiger partial charge in [-0.05, 0) is 26.0 Å². The Morgan fingerprint density at radius 2 is 2.04 bits per heavy atom. The number of nitrogens with one attached hydrogen (secondary N) is 1. The average molecular weight is 363 g/mol. The number of hydrogen-bond acceptors (Lipinski definition) is 5. The molecule has 2 rings (SSSR count). The maximum Gasteiger partial charge on any atom is 0.282 e. The molecule has 5 nitrogen and oxygen atoms in total. The predicted octanol–water partition coefficient (Wildman–Crippen LogP) is 4.30. The van der Waals surface area contributed by atoms with Gasteiger partial charge in [0, 0.05) is 6.20 Å². The molecule has 9 heteroatoms. The molecule has 1 atom stereocenters. The second kappa shape index (κ2) is 7.70. The lowest BCUT2D eigenvalue weighted by molar-refractivity contribution is 0.146. The van der Waals surface area contributed by atoms with Crippen molar-refractivity contribution in [2.75, 3.05) is 11.9 Å². The molecule has 23 heavy (non-hydrogen) atoms. The molecule has 0 unspecified atom stereocenters. The van der Waals surface area contributed by atoms with Crippen molar-refractivity contribution in [2.24, 2.45) is 0 Å². The van der Waals surface area contributed by atoms with Gasteiger partial charge in [-0.25, -0.2) is 23.7 Å². The van der Waals surface area contributed by atoms with Crippen LogP contribution in [-0.4, -0.2) is 27.6 Å². The van der Waals surface area contributed by atoms with Crippen LogP contribution in [0.1, 0.15) is 24.9 Å². The highest BCUT2D eigenvalue weighted by Gasteiger charge is 2.20. The number of aromatic nitrogens is 3. The highest BCUT2D eigenvalue weighted by atomic mass is 35.5. The van der Waals surface area contributed by atoms with Crippen LogP contribution in [0.4, 0.5) is 14.6 Å². The van der Waals surface area contributed by atoms with Crippen molar-refractivity contribution in [2.45, 2.75) is 26.3 Å². The van der Waals surface area contributed by atoms with Gasteiger partial charge in [0.25, 0.3) is 6.43 Å². The van der Waals surface area contributed by atoms with Crippen molar-refractivity contribution in [1.29, 1.82) is 0 Å². The molecule has 0 aliphatic heterocycles. The van der Waals surface area contributed by atoms with Gasteiger partial charge in [-0.2, -0.15) is 0 Å². The number of halogens is 4. The van der Waals surface area contributed by atoms with Gasteiger partial charge in [-0.15, -0.1) is 0 Å². The van der Waals surface area contributed by atoms with Crippen molar-refractivity contribution >= 4 is 29.0 Å². The largest absolute Gasteiger partial charge is 0.474 e. The van der Waals surface area contributed by atoms with Crippen LogP contribution < -0.4 is 10.1 Å². The number of pyridine rings is 1. The van der Waals surface area contributed by atoms with Crippen LogP contribution in [0.5, 0.6) is 5.88 Å². The highest BCUT2D eigenvalue weighted by molar-refractivity contribution is 6.33. The smallest absolute Gasteiger partial charge is 0.282 e. The lowest BCUT2D eigenvalue weighted by Gasteiger charge is -2.17. The minimum Gasteiger partial charge on any atom is -0.474 e. The Bertz CT molecular complexity index is 688. The van der Waals surface area contributed by atoms with E-state index in [-0.39, 0.29) is 29.3 Å². The standard InChI is InChI=1S/C14H14Cl2F2N4O/c1-7(6-23-14-9(15)4-3-5-19-14)20-13-10(16)11(12(17)18)21-8(2)22-13/h3-5,7,12H,6H2,1-2H3,(H,20,21,22)/t7-/m0/s1. The van der Waals surface area contributed by atoms with E-state index in [1.54, 1.807) is 25.3 Å². The number of aryl methyl sites for hydroxylation is 1. The van der Waals surface area contributed by atoms with Crippen molar-refractivity contribution in [3.63, 3.8) is 0 Å². The molecule has 2 aromatic heterocycles. The summed E-state index contributed by atoms with van der Waals surface area (Å²) in [6, 6.07) is 3.07. The molecule has 0 aliphatic carbocycles. The maximum absolute atomic E-state index is 12.9. The second-order valence-electron chi connectivity index (χ2n) is 4.77. The third-order valence-corrected chi connectivity index (χ3v) is 3.43. The molecular formula is C14H14Cl2F2N4O. The van der Waals surface area contributed by atoms with E-state index in [2.05, 4.69) is 20.3 Å². The molecule has 0 fully saturated rings. The Morgan fingerprint density at radius 3 is 2.70 bits per heavy atom. The quantitative estimate of drug-likeness (QED) is 0.829. The molecule has 0 saturated heterocycles. The fourth-order valence-electron chi connectivity index (χ4n) is 1.78. The Balaban J connectivity index is 2.06. The third kappa shape index (κ3) is 4.62. The fraction of sp³-hybridized carbons (Fsp3) is 0.357. The Kier molecular flexibility index (Phi) is 5.90. The maximum atomic E-state index is 12.9.